The lowest BCUT2D eigenvalue weighted by molar-refractivity contribution is 0.209. The Hall–Kier alpha value is -1.52. The topological polar surface area (TPSA) is 47.3 Å². The van der Waals surface area contributed by atoms with Crippen molar-refractivity contribution in [2.75, 3.05) is 7.11 Å². The molecular weight excluding hydrogens is 240 g/mol. The van der Waals surface area contributed by atoms with Crippen molar-refractivity contribution >= 4 is 11.6 Å². The maximum Gasteiger partial charge on any atom is 0.126 e. The summed E-state index contributed by atoms with van der Waals surface area (Å²) >= 11 is 5.87. The van der Waals surface area contributed by atoms with Crippen LogP contribution in [0.25, 0.3) is 0 Å². The molecule has 2 aromatic rings. The van der Waals surface area contributed by atoms with Crippen molar-refractivity contribution < 1.29 is 9.84 Å². The molecule has 0 saturated carbocycles. The van der Waals surface area contributed by atoms with Crippen LogP contribution >= 0.6 is 11.6 Å². The van der Waals surface area contributed by atoms with Crippen molar-refractivity contribution in [3.63, 3.8) is 0 Å². The molecule has 1 heterocycles. The Bertz CT molecular complexity index is 525. The lowest BCUT2D eigenvalue weighted by Gasteiger charge is -2.13. The first-order valence-electron chi connectivity index (χ1n) is 5.13. The number of benzene rings is 1. The third-order valence-corrected chi connectivity index (χ3v) is 2.74. The molecule has 0 fully saturated rings. The number of hydrogen-bond donors (Lipinski definition) is 1. The minimum Gasteiger partial charge on any atom is -0.496 e. The van der Waals surface area contributed by atoms with E-state index in [4.69, 9.17) is 16.3 Å². The number of hydrogen-bond acceptors (Lipinski definition) is 3. The number of halogens is 1. The van der Waals surface area contributed by atoms with Crippen molar-refractivity contribution in [2.24, 2.45) is 7.05 Å². The quantitative estimate of drug-likeness (QED) is 0.911. The number of nitrogens with zero attached hydrogens (tertiary/aromatic N) is 2. The van der Waals surface area contributed by atoms with E-state index < -0.39 is 6.10 Å². The minimum absolute atomic E-state index is 0.552. The molecule has 1 aromatic heterocycles. The maximum absolute atomic E-state index is 10.2. The second-order valence-corrected chi connectivity index (χ2v) is 4.14. The molecule has 1 N–H and O–H groups in total. The van der Waals surface area contributed by atoms with E-state index in [2.05, 4.69) is 5.10 Å². The summed E-state index contributed by atoms with van der Waals surface area (Å²) in [5, 5.41) is 14.9. The fourth-order valence-electron chi connectivity index (χ4n) is 1.65. The number of rotatable bonds is 3. The van der Waals surface area contributed by atoms with Crippen molar-refractivity contribution in [2.45, 2.75) is 6.10 Å². The van der Waals surface area contributed by atoms with E-state index in [-0.39, 0.29) is 0 Å². The van der Waals surface area contributed by atoms with Gasteiger partial charge in [-0.25, -0.2) is 0 Å². The third kappa shape index (κ3) is 2.43. The SMILES string of the molecule is COc1cc(Cl)ccc1C(O)c1ccn(C)n1. The van der Waals surface area contributed by atoms with Gasteiger partial charge in [-0.05, 0) is 18.2 Å². The molecule has 0 bridgehead atoms. The molecule has 0 radical (unpaired) electrons. The zero-order valence-corrected chi connectivity index (χ0v) is 10.3. The number of aryl methyl sites for hydroxylation is 1. The van der Waals surface area contributed by atoms with Gasteiger partial charge in [-0.1, -0.05) is 17.7 Å². The molecule has 0 spiro atoms. The molecule has 0 aliphatic heterocycles. The van der Waals surface area contributed by atoms with Crippen molar-refractivity contribution in [1.29, 1.82) is 0 Å². The van der Waals surface area contributed by atoms with E-state index in [1.54, 1.807) is 49.3 Å². The molecule has 0 aliphatic rings. The fourth-order valence-corrected chi connectivity index (χ4v) is 1.81. The van der Waals surface area contributed by atoms with Crippen LogP contribution in [0.4, 0.5) is 0 Å². The molecule has 1 atom stereocenters. The predicted octanol–water partition coefficient (Wildman–Crippen LogP) is 2.16. The van der Waals surface area contributed by atoms with Crippen LogP contribution in [0.1, 0.15) is 17.4 Å². The lowest BCUT2D eigenvalue weighted by atomic mass is 10.1. The second-order valence-electron chi connectivity index (χ2n) is 3.70. The van der Waals surface area contributed by atoms with Crippen LogP contribution in [0.3, 0.4) is 0 Å². The molecule has 90 valence electrons. The van der Waals surface area contributed by atoms with Crippen LogP contribution in [-0.4, -0.2) is 22.0 Å². The van der Waals surface area contributed by atoms with Gasteiger partial charge in [0, 0.05) is 23.8 Å². The van der Waals surface area contributed by atoms with E-state index in [0.717, 1.165) is 0 Å². The van der Waals surface area contributed by atoms with E-state index in [1.807, 2.05) is 0 Å². The van der Waals surface area contributed by atoms with Gasteiger partial charge in [0.05, 0.1) is 12.8 Å². The summed E-state index contributed by atoms with van der Waals surface area (Å²) in [4.78, 5) is 0. The average Bonchev–Trinajstić information content (AvgIpc) is 2.75. The Labute approximate surface area is 104 Å². The highest BCUT2D eigenvalue weighted by Crippen LogP contribution is 2.31. The highest BCUT2D eigenvalue weighted by Gasteiger charge is 2.17. The molecule has 0 amide bonds. The summed E-state index contributed by atoms with van der Waals surface area (Å²) in [7, 11) is 3.34. The molecule has 2 rings (SSSR count). The van der Waals surface area contributed by atoms with Gasteiger partial charge in [-0.3, -0.25) is 4.68 Å². The predicted molar refractivity (Wildman–Crippen MR) is 65.3 cm³/mol. The molecule has 5 heteroatoms. The number of aromatic nitrogens is 2. The first-order chi connectivity index (χ1) is 8.11. The molecular formula is C12H13ClN2O2. The Morgan fingerprint density at radius 3 is 2.76 bits per heavy atom. The normalized spacial score (nSPS) is 12.5. The largest absolute Gasteiger partial charge is 0.496 e. The zero-order valence-electron chi connectivity index (χ0n) is 9.59. The monoisotopic (exact) mass is 252 g/mol. The Kier molecular flexibility index (Phi) is 3.36. The van der Waals surface area contributed by atoms with Gasteiger partial charge < -0.3 is 9.84 Å². The van der Waals surface area contributed by atoms with Gasteiger partial charge >= 0.3 is 0 Å². The highest BCUT2D eigenvalue weighted by molar-refractivity contribution is 6.30. The Morgan fingerprint density at radius 2 is 2.18 bits per heavy atom. The first-order valence-corrected chi connectivity index (χ1v) is 5.50. The summed E-state index contributed by atoms with van der Waals surface area (Å²) in [5.41, 5.74) is 1.23. The summed E-state index contributed by atoms with van der Waals surface area (Å²) < 4.78 is 6.84. The molecule has 0 saturated heterocycles. The Morgan fingerprint density at radius 1 is 1.41 bits per heavy atom. The zero-order chi connectivity index (χ0) is 12.4. The van der Waals surface area contributed by atoms with Gasteiger partial charge in [0.2, 0.25) is 0 Å². The third-order valence-electron chi connectivity index (χ3n) is 2.50. The van der Waals surface area contributed by atoms with Crippen molar-refractivity contribution in [3.05, 3.63) is 46.7 Å². The minimum atomic E-state index is -0.816. The van der Waals surface area contributed by atoms with Gasteiger partial charge in [0.25, 0.3) is 0 Å². The average molecular weight is 253 g/mol. The standard InChI is InChI=1S/C12H13ClN2O2/c1-15-6-5-10(14-15)12(16)9-4-3-8(13)7-11(9)17-2/h3-7,12,16H,1-2H3. The van der Waals surface area contributed by atoms with E-state index in [0.29, 0.717) is 22.0 Å². The van der Waals surface area contributed by atoms with Crippen LogP contribution in [-0.2, 0) is 7.05 Å². The molecule has 17 heavy (non-hydrogen) atoms. The maximum atomic E-state index is 10.2. The molecule has 1 aromatic carbocycles. The Balaban J connectivity index is 2.39. The number of aliphatic hydroxyl groups excluding tert-OH is 1. The van der Waals surface area contributed by atoms with Crippen LogP contribution in [0.5, 0.6) is 5.75 Å². The number of aliphatic hydroxyl groups is 1. The van der Waals surface area contributed by atoms with Crippen LogP contribution in [0, 0.1) is 0 Å². The summed E-state index contributed by atoms with van der Waals surface area (Å²) in [6.07, 6.45) is 0.962. The van der Waals surface area contributed by atoms with Gasteiger partial charge in [0.15, 0.2) is 0 Å². The number of ether oxygens (including phenoxy) is 1. The first kappa shape index (κ1) is 12.0. The molecule has 4 nitrogen and oxygen atoms in total. The van der Waals surface area contributed by atoms with Crippen LogP contribution in [0.2, 0.25) is 5.02 Å². The van der Waals surface area contributed by atoms with E-state index in [9.17, 15) is 5.11 Å². The van der Waals surface area contributed by atoms with Gasteiger partial charge in [-0.15, -0.1) is 0 Å². The van der Waals surface area contributed by atoms with E-state index >= 15 is 0 Å². The lowest BCUT2D eigenvalue weighted by Crippen LogP contribution is -2.04. The van der Waals surface area contributed by atoms with Crippen molar-refractivity contribution in [1.82, 2.24) is 9.78 Å². The molecule has 0 aliphatic carbocycles. The summed E-state index contributed by atoms with van der Waals surface area (Å²) in [5.74, 6) is 0.552. The van der Waals surface area contributed by atoms with Gasteiger partial charge in [-0.2, -0.15) is 5.10 Å². The summed E-state index contributed by atoms with van der Waals surface area (Å²) in [6.45, 7) is 0. The highest BCUT2D eigenvalue weighted by atomic mass is 35.5. The van der Waals surface area contributed by atoms with Crippen LogP contribution < -0.4 is 4.74 Å². The summed E-state index contributed by atoms with van der Waals surface area (Å²) in [6, 6.07) is 6.88. The van der Waals surface area contributed by atoms with Gasteiger partial charge in [0.1, 0.15) is 11.9 Å². The molecule has 1 unspecified atom stereocenters. The second kappa shape index (κ2) is 4.77. The smallest absolute Gasteiger partial charge is 0.126 e. The number of methoxy groups -OCH3 is 1. The van der Waals surface area contributed by atoms with Crippen LogP contribution in [0.15, 0.2) is 30.5 Å². The van der Waals surface area contributed by atoms with Crippen molar-refractivity contribution in [3.8, 4) is 5.75 Å². The van der Waals surface area contributed by atoms with E-state index in [1.165, 1.54) is 0 Å². The fraction of sp³-hybridized carbons (Fsp3) is 0.250.